The van der Waals surface area contributed by atoms with E-state index in [2.05, 4.69) is 0 Å². The number of anilines is 1. The number of amides is 1. The summed E-state index contributed by atoms with van der Waals surface area (Å²) in [7, 11) is 3.07. The zero-order valence-electron chi connectivity index (χ0n) is 13.5. The molecule has 128 valence electrons. The average molecular weight is 375 g/mol. The number of benzene rings is 2. The maximum absolute atomic E-state index is 14.0. The van der Waals surface area contributed by atoms with Gasteiger partial charge in [0.05, 0.1) is 24.8 Å². The van der Waals surface area contributed by atoms with Crippen LogP contribution in [0.3, 0.4) is 0 Å². The van der Waals surface area contributed by atoms with Crippen molar-refractivity contribution in [3.63, 3.8) is 0 Å². The van der Waals surface area contributed by atoms with E-state index < -0.39 is 5.82 Å². The fraction of sp³-hybridized carbons (Fsp3) is 0.111. The second kappa shape index (κ2) is 7.25. The molecule has 0 radical (unpaired) electrons. The zero-order chi connectivity index (χ0) is 18.0. The highest BCUT2D eigenvalue weighted by molar-refractivity contribution is 8.27. The number of thioether (sulfide) groups is 1. The molecular weight excluding hydrogens is 361 g/mol. The van der Waals surface area contributed by atoms with Gasteiger partial charge in [-0.2, -0.15) is 0 Å². The Labute approximate surface area is 154 Å². The minimum Gasteiger partial charge on any atom is -0.493 e. The van der Waals surface area contributed by atoms with Crippen LogP contribution in [0, 0.1) is 5.82 Å². The highest BCUT2D eigenvalue weighted by atomic mass is 32.2. The van der Waals surface area contributed by atoms with Crippen molar-refractivity contribution >= 4 is 46.0 Å². The fourth-order valence-electron chi connectivity index (χ4n) is 2.48. The van der Waals surface area contributed by atoms with Gasteiger partial charge in [-0.3, -0.25) is 9.69 Å². The Morgan fingerprint density at radius 2 is 1.88 bits per heavy atom. The Kier molecular flexibility index (Phi) is 5.06. The van der Waals surface area contributed by atoms with Crippen LogP contribution in [-0.4, -0.2) is 24.4 Å². The molecule has 0 spiro atoms. The summed E-state index contributed by atoms with van der Waals surface area (Å²) in [5.74, 6) is 0.200. The van der Waals surface area contributed by atoms with E-state index in [0.717, 1.165) is 11.8 Å². The summed E-state index contributed by atoms with van der Waals surface area (Å²) in [4.78, 5) is 14.3. The quantitative estimate of drug-likeness (QED) is 0.590. The van der Waals surface area contributed by atoms with E-state index in [9.17, 15) is 9.18 Å². The third kappa shape index (κ3) is 3.25. The number of hydrogen-bond donors (Lipinski definition) is 0. The maximum Gasteiger partial charge on any atom is 0.270 e. The summed E-state index contributed by atoms with van der Waals surface area (Å²) < 4.78 is 25.0. The Morgan fingerprint density at radius 3 is 2.56 bits per heavy atom. The number of thiocarbonyl (C=S) groups is 1. The SMILES string of the molecule is COc1cccc(/C=C2\SC(=S)N(c3ccccc3F)C2=O)c1OC. The van der Waals surface area contributed by atoms with Crippen LogP contribution < -0.4 is 14.4 Å². The number of carbonyl (C=O) groups excluding carboxylic acids is 1. The molecule has 1 amide bonds. The first-order valence-electron chi connectivity index (χ1n) is 7.30. The summed E-state index contributed by atoms with van der Waals surface area (Å²) >= 11 is 6.39. The van der Waals surface area contributed by atoms with Crippen LogP contribution in [0.1, 0.15) is 5.56 Å². The van der Waals surface area contributed by atoms with E-state index in [1.807, 2.05) is 0 Å². The van der Waals surface area contributed by atoms with Gasteiger partial charge in [0.1, 0.15) is 5.82 Å². The fourth-order valence-corrected chi connectivity index (χ4v) is 3.75. The maximum atomic E-state index is 14.0. The Balaban J connectivity index is 2.01. The number of halogens is 1. The lowest BCUT2D eigenvalue weighted by Crippen LogP contribution is -2.28. The van der Waals surface area contributed by atoms with Crippen molar-refractivity contribution < 1.29 is 18.7 Å². The number of ether oxygens (including phenoxy) is 2. The van der Waals surface area contributed by atoms with Crippen molar-refractivity contribution in [3.05, 3.63) is 58.8 Å². The van der Waals surface area contributed by atoms with E-state index in [-0.39, 0.29) is 15.9 Å². The molecule has 0 unspecified atom stereocenters. The van der Waals surface area contributed by atoms with Gasteiger partial charge in [0.2, 0.25) is 0 Å². The predicted molar refractivity (Wildman–Crippen MR) is 102 cm³/mol. The second-order valence-corrected chi connectivity index (χ2v) is 6.73. The summed E-state index contributed by atoms with van der Waals surface area (Å²) in [6.07, 6.45) is 1.67. The normalized spacial score (nSPS) is 15.8. The standard InChI is InChI=1S/C18H14FNO3S2/c1-22-14-9-5-6-11(16(14)23-2)10-15-17(21)20(18(24)25-15)13-8-4-3-7-12(13)19/h3-10H,1-2H3/b15-10-. The zero-order valence-corrected chi connectivity index (χ0v) is 15.1. The van der Waals surface area contributed by atoms with E-state index in [0.29, 0.717) is 22.0 Å². The molecule has 7 heteroatoms. The molecule has 1 aliphatic rings. The molecule has 3 rings (SSSR count). The van der Waals surface area contributed by atoms with Gasteiger partial charge in [0.25, 0.3) is 5.91 Å². The van der Waals surface area contributed by atoms with Crippen molar-refractivity contribution in [2.75, 3.05) is 19.1 Å². The van der Waals surface area contributed by atoms with Crippen LogP contribution in [0.25, 0.3) is 6.08 Å². The van der Waals surface area contributed by atoms with Crippen LogP contribution >= 0.6 is 24.0 Å². The average Bonchev–Trinajstić information content (AvgIpc) is 2.89. The number of para-hydroxylation sites is 2. The minimum absolute atomic E-state index is 0.144. The highest BCUT2D eigenvalue weighted by Crippen LogP contribution is 2.39. The van der Waals surface area contributed by atoms with Gasteiger partial charge in [0, 0.05) is 5.56 Å². The Bertz CT molecular complexity index is 882. The van der Waals surface area contributed by atoms with Gasteiger partial charge >= 0.3 is 0 Å². The molecule has 25 heavy (non-hydrogen) atoms. The van der Waals surface area contributed by atoms with Crippen LogP contribution in [0.15, 0.2) is 47.4 Å². The molecule has 0 saturated carbocycles. The number of hydrogen-bond acceptors (Lipinski definition) is 5. The molecule has 0 aliphatic carbocycles. The smallest absolute Gasteiger partial charge is 0.270 e. The number of nitrogens with zero attached hydrogens (tertiary/aromatic N) is 1. The van der Waals surface area contributed by atoms with Crippen LogP contribution in [0.4, 0.5) is 10.1 Å². The van der Waals surface area contributed by atoms with Crippen molar-refractivity contribution in [3.8, 4) is 11.5 Å². The summed E-state index contributed by atoms with van der Waals surface area (Å²) in [5.41, 5.74) is 0.821. The van der Waals surface area contributed by atoms with Crippen LogP contribution in [0.2, 0.25) is 0 Å². The van der Waals surface area contributed by atoms with Gasteiger partial charge in [-0.25, -0.2) is 4.39 Å². The molecule has 0 N–H and O–H groups in total. The Hall–Kier alpha value is -2.38. The minimum atomic E-state index is -0.501. The topological polar surface area (TPSA) is 38.8 Å². The third-order valence-corrected chi connectivity index (χ3v) is 4.91. The largest absolute Gasteiger partial charge is 0.493 e. The van der Waals surface area contributed by atoms with E-state index in [4.69, 9.17) is 21.7 Å². The van der Waals surface area contributed by atoms with Crippen LogP contribution in [-0.2, 0) is 4.79 Å². The molecule has 0 aromatic heterocycles. The second-order valence-electron chi connectivity index (χ2n) is 5.05. The number of rotatable bonds is 4. The van der Waals surface area contributed by atoms with Crippen molar-refractivity contribution in [2.45, 2.75) is 0 Å². The van der Waals surface area contributed by atoms with Gasteiger partial charge in [0.15, 0.2) is 15.8 Å². The Morgan fingerprint density at radius 1 is 1.12 bits per heavy atom. The lowest BCUT2D eigenvalue weighted by molar-refractivity contribution is -0.113. The molecule has 1 fully saturated rings. The first-order chi connectivity index (χ1) is 12.1. The first-order valence-corrected chi connectivity index (χ1v) is 8.52. The summed E-state index contributed by atoms with van der Waals surface area (Å²) in [6, 6.07) is 11.4. The van der Waals surface area contributed by atoms with E-state index >= 15 is 0 Å². The van der Waals surface area contributed by atoms with Gasteiger partial charge in [-0.15, -0.1) is 0 Å². The molecule has 0 atom stereocenters. The van der Waals surface area contributed by atoms with Crippen molar-refractivity contribution in [1.82, 2.24) is 0 Å². The molecule has 2 aromatic rings. The van der Waals surface area contributed by atoms with Crippen molar-refractivity contribution in [1.29, 1.82) is 0 Å². The summed E-state index contributed by atoms with van der Waals surface area (Å²) in [5, 5.41) is 0. The van der Waals surface area contributed by atoms with Gasteiger partial charge in [-0.05, 0) is 24.3 Å². The third-order valence-electron chi connectivity index (χ3n) is 3.61. The molecule has 1 aliphatic heterocycles. The molecular formula is C18H14FNO3S2. The highest BCUT2D eigenvalue weighted by Gasteiger charge is 2.34. The van der Waals surface area contributed by atoms with Gasteiger partial charge in [-0.1, -0.05) is 48.2 Å². The van der Waals surface area contributed by atoms with Gasteiger partial charge < -0.3 is 9.47 Å². The number of carbonyl (C=O) groups is 1. The molecule has 1 heterocycles. The molecule has 2 aromatic carbocycles. The lowest BCUT2D eigenvalue weighted by Gasteiger charge is -2.15. The monoisotopic (exact) mass is 375 g/mol. The van der Waals surface area contributed by atoms with Crippen LogP contribution in [0.5, 0.6) is 11.5 Å². The van der Waals surface area contributed by atoms with Crippen molar-refractivity contribution in [2.24, 2.45) is 0 Å². The molecule has 4 nitrogen and oxygen atoms in total. The van der Waals surface area contributed by atoms with E-state index in [1.54, 1.807) is 43.5 Å². The number of methoxy groups -OCH3 is 2. The predicted octanol–water partition coefficient (Wildman–Crippen LogP) is 4.25. The lowest BCUT2D eigenvalue weighted by atomic mass is 10.1. The molecule has 1 saturated heterocycles. The van der Waals surface area contributed by atoms with E-state index in [1.165, 1.54) is 24.1 Å². The first kappa shape index (κ1) is 17.4. The molecule has 0 bridgehead atoms. The summed E-state index contributed by atoms with van der Waals surface area (Å²) in [6.45, 7) is 0.